The lowest BCUT2D eigenvalue weighted by molar-refractivity contribution is -0.384. The molecule has 2 fully saturated rings. The molecule has 0 aromatic heterocycles. The Bertz CT molecular complexity index is 919. The standard InChI is InChI=1S/C28H49BrN4O3Si/c1-22(9-8-18-36-37(6,7)27(2,3)4)21-30-24-20-25(23(29)19-26(24)33(34)35)32-16-12-28(13-17-32)10-14-31(5)15-11-28/h19-20,22,30H,8-18,21H2,1-7H3/t22-/m1/s1. The number of likely N-dealkylation sites (tertiary alicyclic amines) is 1. The van der Waals surface area contributed by atoms with Crippen LogP contribution in [0, 0.1) is 21.4 Å². The van der Waals surface area contributed by atoms with Crippen LogP contribution in [0.3, 0.4) is 0 Å². The Hall–Kier alpha value is -1.16. The molecule has 1 aromatic rings. The Morgan fingerprint density at radius 3 is 2.32 bits per heavy atom. The number of nitro groups is 1. The molecule has 2 saturated heterocycles. The molecule has 3 rings (SSSR count). The summed E-state index contributed by atoms with van der Waals surface area (Å²) in [5.74, 6) is 0.397. The van der Waals surface area contributed by atoms with Crippen molar-refractivity contribution in [3.8, 4) is 0 Å². The Morgan fingerprint density at radius 2 is 1.76 bits per heavy atom. The molecule has 0 saturated carbocycles. The van der Waals surface area contributed by atoms with Crippen LogP contribution < -0.4 is 10.2 Å². The van der Waals surface area contributed by atoms with Gasteiger partial charge in [0.25, 0.3) is 5.69 Å². The summed E-state index contributed by atoms with van der Waals surface area (Å²) in [5, 5.41) is 15.5. The van der Waals surface area contributed by atoms with Crippen LogP contribution in [0.4, 0.5) is 17.1 Å². The summed E-state index contributed by atoms with van der Waals surface area (Å²) in [7, 11) is 0.502. The molecule has 0 amide bonds. The van der Waals surface area contributed by atoms with Crippen LogP contribution in [0.5, 0.6) is 0 Å². The third-order valence-electron chi connectivity index (χ3n) is 9.23. The molecule has 2 heterocycles. The molecule has 37 heavy (non-hydrogen) atoms. The zero-order valence-corrected chi connectivity index (χ0v) is 26.7. The number of benzene rings is 1. The number of anilines is 2. The van der Waals surface area contributed by atoms with Crippen LogP contribution in [-0.4, -0.2) is 64.5 Å². The highest BCUT2D eigenvalue weighted by atomic mass is 79.9. The summed E-state index contributed by atoms with van der Waals surface area (Å²) < 4.78 is 7.12. The lowest BCUT2D eigenvalue weighted by Gasteiger charge is -2.47. The van der Waals surface area contributed by atoms with E-state index in [2.05, 4.69) is 78.9 Å². The fraction of sp³-hybridized carbons (Fsp3) is 0.786. The van der Waals surface area contributed by atoms with Crippen LogP contribution in [0.2, 0.25) is 18.1 Å². The molecule has 2 aliphatic heterocycles. The molecule has 7 nitrogen and oxygen atoms in total. The minimum Gasteiger partial charge on any atom is -0.417 e. The fourth-order valence-electron chi connectivity index (χ4n) is 5.26. The number of hydrogen-bond acceptors (Lipinski definition) is 6. The highest BCUT2D eigenvalue weighted by molar-refractivity contribution is 9.10. The zero-order valence-electron chi connectivity index (χ0n) is 24.2. The Morgan fingerprint density at radius 1 is 1.16 bits per heavy atom. The fourth-order valence-corrected chi connectivity index (χ4v) is 6.93. The Balaban J connectivity index is 1.58. The smallest absolute Gasteiger partial charge is 0.293 e. The summed E-state index contributed by atoms with van der Waals surface area (Å²) in [4.78, 5) is 16.4. The number of nitro benzene ring substituents is 1. The first-order valence-corrected chi connectivity index (χ1v) is 17.7. The van der Waals surface area contributed by atoms with Crippen molar-refractivity contribution in [1.82, 2.24) is 4.90 Å². The molecular weight excluding hydrogens is 548 g/mol. The van der Waals surface area contributed by atoms with Gasteiger partial charge in [-0.05, 0) is 110 Å². The molecule has 210 valence electrons. The minimum absolute atomic E-state index is 0.132. The van der Waals surface area contributed by atoms with Gasteiger partial charge in [-0.2, -0.15) is 0 Å². The maximum absolute atomic E-state index is 11.8. The van der Waals surface area contributed by atoms with Crippen molar-refractivity contribution in [3.63, 3.8) is 0 Å². The van der Waals surface area contributed by atoms with Gasteiger partial charge in [0, 0.05) is 36.8 Å². The molecule has 0 aliphatic carbocycles. The lowest BCUT2D eigenvalue weighted by Crippen LogP contribution is -2.46. The van der Waals surface area contributed by atoms with Crippen molar-refractivity contribution in [2.24, 2.45) is 11.3 Å². The van der Waals surface area contributed by atoms with Crippen LogP contribution in [0.1, 0.15) is 66.2 Å². The van der Waals surface area contributed by atoms with E-state index in [1.165, 1.54) is 38.8 Å². The van der Waals surface area contributed by atoms with Crippen molar-refractivity contribution in [2.45, 2.75) is 84.4 Å². The average molecular weight is 598 g/mol. The maximum Gasteiger partial charge on any atom is 0.293 e. The van der Waals surface area contributed by atoms with E-state index in [0.29, 0.717) is 23.6 Å². The van der Waals surface area contributed by atoms with Gasteiger partial charge in [-0.15, -0.1) is 0 Å². The normalized spacial score (nSPS) is 19.7. The predicted octanol–water partition coefficient (Wildman–Crippen LogP) is 7.52. The zero-order chi connectivity index (χ0) is 27.4. The summed E-state index contributed by atoms with van der Waals surface area (Å²) in [6.07, 6.45) is 6.99. The van der Waals surface area contributed by atoms with Gasteiger partial charge in [0.05, 0.1) is 10.6 Å². The van der Waals surface area contributed by atoms with Gasteiger partial charge in [0.15, 0.2) is 8.32 Å². The van der Waals surface area contributed by atoms with Gasteiger partial charge < -0.3 is 19.5 Å². The van der Waals surface area contributed by atoms with Gasteiger partial charge in [-0.25, -0.2) is 0 Å². The molecule has 1 spiro atoms. The van der Waals surface area contributed by atoms with Crippen LogP contribution in [-0.2, 0) is 4.43 Å². The van der Waals surface area contributed by atoms with E-state index < -0.39 is 8.32 Å². The summed E-state index contributed by atoms with van der Waals surface area (Å²) in [6, 6.07) is 3.66. The Kier molecular flexibility index (Phi) is 10.1. The topological polar surface area (TPSA) is 70.9 Å². The second-order valence-corrected chi connectivity index (χ2v) is 18.8. The molecule has 9 heteroatoms. The minimum atomic E-state index is -1.71. The van der Waals surface area contributed by atoms with E-state index in [1.807, 2.05) is 6.07 Å². The largest absolute Gasteiger partial charge is 0.417 e. The van der Waals surface area contributed by atoms with E-state index in [-0.39, 0.29) is 15.6 Å². The van der Waals surface area contributed by atoms with Gasteiger partial charge >= 0.3 is 0 Å². The predicted molar refractivity (Wildman–Crippen MR) is 161 cm³/mol. The van der Waals surface area contributed by atoms with Crippen molar-refractivity contribution in [2.75, 3.05) is 56.6 Å². The van der Waals surface area contributed by atoms with Gasteiger partial charge in [0.2, 0.25) is 0 Å². The van der Waals surface area contributed by atoms with Crippen molar-refractivity contribution < 1.29 is 9.35 Å². The SMILES string of the molecule is C[C@H](CCCO[Si](C)(C)C(C)(C)C)CNc1cc(N2CCC3(CCN(C)CC3)CC2)c(Br)cc1[N+](=O)[O-]. The second kappa shape index (κ2) is 12.3. The van der Waals surface area contributed by atoms with Crippen molar-refractivity contribution in [1.29, 1.82) is 0 Å². The second-order valence-electron chi connectivity index (χ2n) is 13.1. The molecule has 2 aliphatic rings. The number of nitrogens with zero attached hydrogens (tertiary/aromatic N) is 3. The third kappa shape index (κ3) is 7.93. The van der Waals surface area contributed by atoms with E-state index >= 15 is 0 Å². The van der Waals surface area contributed by atoms with Gasteiger partial charge in [-0.1, -0.05) is 27.7 Å². The van der Waals surface area contributed by atoms with Gasteiger partial charge in [0.1, 0.15) is 5.69 Å². The van der Waals surface area contributed by atoms with E-state index in [4.69, 9.17) is 4.43 Å². The summed E-state index contributed by atoms with van der Waals surface area (Å²) >= 11 is 3.64. The molecule has 0 bridgehead atoms. The lowest BCUT2D eigenvalue weighted by atomic mass is 9.71. The summed E-state index contributed by atoms with van der Waals surface area (Å²) in [5.41, 5.74) is 2.28. The van der Waals surface area contributed by atoms with E-state index in [0.717, 1.165) is 42.7 Å². The first-order chi connectivity index (χ1) is 17.2. The number of piperidine rings is 2. The highest BCUT2D eigenvalue weighted by Crippen LogP contribution is 2.44. The number of nitrogens with one attached hydrogen (secondary N) is 1. The third-order valence-corrected chi connectivity index (χ3v) is 14.4. The number of rotatable bonds is 10. The molecule has 1 aromatic carbocycles. The monoisotopic (exact) mass is 596 g/mol. The Labute approximate surface area is 234 Å². The number of halogens is 1. The van der Waals surface area contributed by atoms with Crippen LogP contribution in [0.15, 0.2) is 16.6 Å². The first-order valence-electron chi connectivity index (χ1n) is 14.0. The molecule has 1 atom stereocenters. The molecular formula is C28H49BrN4O3Si. The van der Waals surface area contributed by atoms with E-state index in [9.17, 15) is 10.1 Å². The van der Waals surface area contributed by atoms with Crippen LogP contribution >= 0.6 is 15.9 Å². The number of hydrogen-bond donors (Lipinski definition) is 1. The van der Waals surface area contributed by atoms with Crippen LogP contribution in [0.25, 0.3) is 0 Å². The summed E-state index contributed by atoms with van der Waals surface area (Å²) in [6.45, 7) is 19.5. The maximum atomic E-state index is 11.8. The quantitative estimate of drug-likeness (QED) is 0.130. The molecule has 0 radical (unpaired) electrons. The average Bonchev–Trinajstić information content (AvgIpc) is 2.83. The first kappa shape index (κ1) is 30.4. The van der Waals surface area contributed by atoms with Crippen molar-refractivity contribution in [3.05, 3.63) is 26.7 Å². The highest BCUT2D eigenvalue weighted by Gasteiger charge is 2.38. The van der Waals surface area contributed by atoms with E-state index in [1.54, 1.807) is 6.07 Å². The molecule has 1 N–H and O–H groups in total. The van der Waals surface area contributed by atoms with Crippen molar-refractivity contribution >= 4 is 41.3 Å². The van der Waals surface area contributed by atoms with Gasteiger partial charge in [-0.3, -0.25) is 10.1 Å². The molecule has 0 unspecified atom stereocenters.